The zero-order chi connectivity index (χ0) is 29.2. The number of unbranched alkanes of at least 4 members (excludes halogenated alkanes) is 9. The Morgan fingerprint density at radius 1 is 0.902 bits per heavy atom. The number of benzene rings is 1. The number of rotatable bonds is 23. The first-order valence-electron chi connectivity index (χ1n) is 15.3. The van der Waals surface area contributed by atoms with Crippen LogP contribution < -0.4 is 5.73 Å². The molecule has 41 heavy (non-hydrogen) atoms. The Morgan fingerprint density at radius 2 is 1.56 bits per heavy atom. The van der Waals surface area contributed by atoms with Gasteiger partial charge in [-0.2, -0.15) is 11.8 Å². The summed E-state index contributed by atoms with van der Waals surface area (Å²) in [6.07, 6.45) is 18.7. The van der Waals surface area contributed by atoms with E-state index in [0.29, 0.717) is 30.1 Å². The molecule has 0 aliphatic carbocycles. The molecule has 2 N–H and O–H groups in total. The third kappa shape index (κ3) is 13.7. The molecule has 2 aromatic heterocycles. The van der Waals surface area contributed by atoms with E-state index in [1.165, 1.54) is 88.3 Å². The molecular weight excluding hydrogens is 553 g/mol. The predicted molar refractivity (Wildman–Crippen MR) is 173 cm³/mol. The van der Waals surface area contributed by atoms with E-state index >= 15 is 0 Å². The van der Waals surface area contributed by atoms with Gasteiger partial charge < -0.3 is 19.6 Å². The second-order valence-corrected chi connectivity index (χ2v) is 14.8. The minimum atomic E-state index is -2.80. The van der Waals surface area contributed by atoms with Crippen molar-refractivity contribution in [2.75, 3.05) is 36.9 Å². The highest BCUT2D eigenvalue weighted by molar-refractivity contribution is 7.99. The Bertz CT molecular complexity index is 1160. The lowest BCUT2D eigenvalue weighted by Gasteiger charge is -2.18. The van der Waals surface area contributed by atoms with Gasteiger partial charge in [-0.1, -0.05) is 81.7 Å². The zero-order valence-corrected chi connectivity index (χ0v) is 26.8. The highest BCUT2D eigenvalue weighted by Gasteiger charge is 2.19. The number of nitrogen functional groups attached to an aromatic ring is 1. The van der Waals surface area contributed by atoms with Crippen LogP contribution in [0.4, 0.5) is 5.82 Å². The molecule has 0 saturated carbocycles. The van der Waals surface area contributed by atoms with Crippen LogP contribution in [0.15, 0.2) is 43.0 Å². The number of imidazole rings is 1. The first kappa shape index (κ1) is 33.6. The molecular formula is C31H50N5O3PS. The van der Waals surface area contributed by atoms with E-state index in [0.717, 1.165) is 12.2 Å². The average Bonchev–Trinajstić information content (AvgIpc) is 3.38. The maximum atomic E-state index is 12.8. The summed E-state index contributed by atoms with van der Waals surface area (Å²) in [4.78, 5) is 12.5. The van der Waals surface area contributed by atoms with Crippen LogP contribution in [0.5, 0.6) is 0 Å². The average molecular weight is 604 g/mol. The minimum absolute atomic E-state index is 0.0965. The quantitative estimate of drug-likeness (QED) is 0.0860. The van der Waals surface area contributed by atoms with E-state index in [9.17, 15) is 4.57 Å². The largest absolute Gasteiger partial charge is 0.382 e. The van der Waals surface area contributed by atoms with Crippen LogP contribution in [0, 0.1) is 0 Å². The lowest BCUT2D eigenvalue weighted by Crippen LogP contribution is -2.17. The lowest BCUT2D eigenvalue weighted by molar-refractivity contribution is 0.0801. The summed E-state index contributed by atoms with van der Waals surface area (Å²) in [5, 5.41) is 0. The topological polar surface area (TPSA) is 105 Å². The molecule has 0 aliphatic rings. The predicted octanol–water partition coefficient (Wildman–Crippen LogP) is 7.96. The molecule has 2 atom stereocenters. The monoisotopic (exact) mass is 603 g/mol. The van der Waals surface area contributed by atoms with E-state index in [2.05, 4.69) is 45.3 Å². The second-order valence-electron chi connectivity index (χ2n) is 11.0. The molecule has 0 spiro atoms. The van der Waals surface area contributed by atoms with Crippen LogP contribution in [0.2, 0.25) is 0 Å². The summed E-state index contributed by atoms with van der Waals surface area (Å²) in [5.74, 6) is 2.60. The van der Waals surface area contributed by atoms with Gasteiger partial charge in [0, 0.05) is 6.66 Å². The number of ether oxygens (including phenoxy) is 1. The van der Waals surface area contributed by atoms with Gasteiger partial charge in [-0.05, 0) is 49.7 Å². The summed E-state index contributed by atoms with van der Waals surface area (Å²) < 4.78 is 26.2. The van der Waals surface area contributed by atoms with Gasteiger partial charge in [0.25, 0.3) is 0 Å². The number of fused-ring (bicyclic) bond motifs is 1. The molecule has 228 valence electrons. The Kier molecular flexibility index (Phi) is 15.8. The van der Waals surface area contributed by atoms with Crippen LogP contribution in [0.25, 0.3) is 11.2 Å². The number of hydrogen-bond donors (Lipinski definition) is 1. The molecule has 3 aromatic rings. The van der Waals surface area contributed by atoms with Crippen molar-refractivity contribution in [3.63, 3.8) is 0 Å². The van der Waals surface area contributed by atoms with Crippen LogP contribution in [0.3, 0.4) is 0 Å². The number of hydrogen-bond acceptors (Lipinski definition) is 8. The molecule has 3 rings (SSSR count). The molecule has 1 aromatic carbocycles. The smallest absolute Gasteiger partial charge is 0.225 e. The van der Waals surface area contributed by atoms with Gasteiger partial charge in [0.2, 0.25) is 7.37 Å². The van der Waals surface area contributed by atoms with Gasteiger partial charge in [0.1, 0.15) is 18.2 Å². The highest BCUT2D eigenvalue weighted by Crippen LogP contribution is 2.42. The number of anilines is 1. The number of nitrogens with zero attached hydrogens (tertiary/aromatic N) is 4. The highest BCUT2D eigenvalue weighted by atomic mass is 32.2. The van der Waals surface area contributed by atoms with Gasteiger partial charge in [-0.3, -0.25) is 4.57 Å². The molecule has 0 fully saturated rings. The van der Waals surface area contributed by atoms with Crippen molar-refractivity contribution in [2.45, 2.75) is 96.6 Å². The third-order valence-electron chi connectivity index (χ3n) is 7.12. The maximum Gasteiger partial charge on any atom is 0.225 e. The van der Waals surface area contributed by atoms with E-state index in [1.54, 1.807) is 13.0 Å². The zero-order valence-electron chi connectivity index (χ0n) is 25.1. The molecule has 0 bridgehead atoms. The van der Waals surface area contributed by atoms with E-state index in [1.807, 2.05) is 23.3 Å². The molecule has 2 heterocycles. The summed E-state index contributed by atoms with van der Waals surface area (Å²) in [5.41, 5.74) is 8.56. The fourth-order valence-corrected chi connectivity index (χ4v) is 6.82. The molecule has 0 radical (unpaired) electrons. The van der Waals surface area contributed by atoms with E-state index < -0.39 is 7.37 Å². The van der Waals surface area contributed by atoms with E-state index in [-0.39, 0.29) is 12.5 Å². The second kappa shape index (κ2) is 19.3. The SMILES string of the molecule is C[C@H](Cn1cnc2c(N)ncnc21)OCP(C)(=O)OCCCSCCCCCCCCCCCCc1ccccc1. The van der Waals surface area contributed by atoms with Gasteiger partial charge >= 0.3 is 0 Å². The third-order valence-corrected chi connectivity index (χ3v) is 9.62. The van der Waals surface area contributed by atoms with Crippen molar-refractivity contribution in [3.8, 4) is 0 Å². The number of thioether (sulfide) groups is 1. The lowest BCUT2D eigenvalue weighted by atomic mass is 10.0. The van der Waals surface area contributed by atoms with Crippen LogP contribution in [-0.2, 0) is 26.8 Å². The number of aromatic nitrogens is 4. The number of aryl methyl sites for hydroxylation is 1. The number of nitrogens with two attached hydrogens (primary N) is 1. The molecule has 0 aliphatic heterocycles. The Labute approximate surface area is 251 Å². The fraction of sp³-hybridized carbons (Fsp3) is 0.645. The molecule has 10 heteroatoms. The normalized spacial score (nSPS) is 13.9. The molecule has 0 amide bonds. The van der Waals surface area contributed by atoms with Crippen LogP contribution in [-0.4, -0.2) is 56.7 Å². The van der Waals surface area contributed by atoms with Crippen molar-refractivity contribution < 1.29 is 13.8 Å². The van der Waals surface area contributed by atoms with Gasteiger partial charge in [-0.15, -0.1) is 0 Å². The Hall–Kier alpha value is -1.93. The molecule has 1 unspecified atom stereocenters. The minimum Gasteiger partial charge on any atom is -0.382 e. The Morgan fingerprint density at radius 3 is 2.29 bits per heavy atom. The van der Waals surface area contributed by atoms with Crippen LogP contribution in [0.1, 0.15) is 83.1 Å². The van der Waals surface area contributed by atoms with E-state index in [4.69, 9.17) is 15.0 Å². The first-order chi connectivity index (χ1) is 19.9. The van der Waals surface area contributed by atoms with Crippen molar-refractivity contribution >= 4 is 36.1 Å². The first-order valence-corrected chi connectivity index (χ1v) is 18.7. The van der Waals surface area contributed by atoms with Gasteiger partial charge in [-0.25, -0.2) is 15.0 Å². The summed E-state index contributed by atoms with van der Waals surface area (Å²) in [7, 11) is -2.80. The van der Waals surface area contributed by atoms with Crippen molar-refractivity contribution in [3.05, 3.63) is 48.5 Å². The van der Waals surface area contributed by atoms with Gasteiger partial charge in [0.15, 0.2) is 11.5 Å². The van der Waals surface area contributed by atoms with Crippen molar-refractivity contribution in [1.29, 1.82) is 0 Å². The maximum absolute atomic E-state index is 12.8. The standard InChI is InChI=1S/C31H50N5O3PS/c1-27(23-36-25-35-29-30(32)33-24-34-31(29)36)38-26-40(2,37)39-20-16-22-41-21-15-10-8-6-4-3-5-7-9-12-17-28-18-13-11-14-19-28/h11,13-14,18-19,24-25,27H,3-10,12,15-17,20-23,26H2,1-2H3,(H2,32,33,34)/t27-,40?/m1/s1. The summed E-state index contributed by atoms with van der Waals surface area (Å²) in [6.45, 7) is 4.62. The van der Waals surface area contributed by atoms with Crippen molar-refractivity contribution in [1.82, 2.24) is 19.5 Å². The summed E-state index contributed by atoms with van der Waals surface area (Å²) >= 11 is 1.97. The van der Waals surface area contributed by atoms with Gasteiger partial charge in [0.05, 0.1) is 25.6 Å². The fourth-order valence-electron chi connectivity index (χ4n) is 4.77. The Balaban J connectivity index is 1.08. The van der Waals surface area contributed by atoms with Crippen molar-refractivity contribution in [2.24, 2.45) is 0 Å². The molecule has 0 saturated heterocycles. The molecule has 8 nitrogen and oxygen atoms in total. The summed E-state index contributed by atoms with van der Waals surface area (Å²) in [6, 6.07) is 10.8. The van der Waals surface area contributed by atoms with Crippen LogP contribution >= 0.6 is 19.1 Å².